The third kappa shape index (κ3) is 6.76. The first-order valence-electron chi connectivity index (χ1n) is 10.2. The highest BCUT2D eigenvalue weighted by Gasteiger charge is 2.22. The lowest BCUT2D eigenvalue weighted by Gasteiger charge is -2.14. The number of nitriles is 1. The second kappa shape index (κ2) is 11.6. The number of carbonyl (C=O) groups is 1. The summed E-state index contributed by atoms with van der Waals surface area (Å²) in [4.78, 5) is 23.0. The van der Waals surface area contributed by atoms with Crippen LogP contribution < -0.4 is 14.2 Å². The van der Waals surface area contributed by atoms with Crippen molar-refractivity contribution in [1.82, 2.24) is 0 Å². The zero-order valence-electron chi connectivity index (χ0n) is 19.2. The van der Waals surface area contributed by atoms with Crippen LogP contribution >= 0.6 is 34.2 Å². The van der Waals surface area contributed by atoms with Crippen LogP contribution in [-0.4, -0.2) is 26.4 Å². The Kier molecular flexibility index (Phi) is 8.74. The summed E-state index contributed by atoms with van der Waals surface area (Å²) in [6.07, 6.45) is 1.25. The molecule has 0 aromatic heterocycles. The highest BCUT2D eigenvalue weighted by Crippen LogP contribution is 2.36. The third-order valence-electron chi connectivity index (χ3n) is 4.83. The monoisotopic (exact) mass is 653 g/mol. The van der Waals surface area contributed by atoms with E-state index in [1.807, 2.05) is 29.5 Å². The number of hydrogen-bond acceptors (Lipinski definition) is 8. The number of rotatable bonds is 8. The quantitative estimate of drug-likeness (QED) is 0.0839. The van der Waals surface area contributed by atoms with E-state index in [9.17, 15) is 28.6 Å². The van der Waals surface area contributed by atoms with E-state index in [1.54, 1.807) is 18.2 Å². The zero-order valence-corrected chi connectivity index (χ0v) is 22.9. The van der Waals surface area contributed by atoms with Gasteiger partial charge in [-0.25, -0.2) is 0 Å². The van der Waals surface area contributed by atoms with Crippen LogP contribution in [0.15, 0.2) is 65.1 Å². The van der Waals surface area contributed by atoms with Crippen LogP contribution in [-0.2, 0) is 14.9 Å². The average Bonchev–Trinajstić information content (AvgIpc) is 2.85. The molecule has 0 bridgehead atoms. The van der Waals surface area contributed by atoms with Gasteiger partial charge >= 0.3 is 10.1 Å². The Morgan fingerprint density at radius 2 is 1.86 bits per heavy atom. The highest BCUT2D eigenvalue weighted by atomic mass is 127. The normalized spacial score (nSPS) is 11.4. The van der Waals surface area contributed by atoms with Gasteiger partial charge < -0.3 is 14.2 Å². The number of nitro benzene ring substituents is 1. The minimum absolute atomic E-state index is 0.0363. The number of anilines is 1. The predicted octanol–water partition coefficient (Wildman–Crippen LogP) is 5.48. The van der Waals surface area contributed by atoms with Crippen molar-refractivity contribution >= 4 is 67.7 Å². The zero-order chi connectivity index (χ0) is 27.3. The van der Waals surface area contributed by atoms with Gasteiger partial charge in [0.25, 0.3) is 11.6 Å². The Balaban J connectivity index is 1.91. The molecule has 0 spiro atoms. The molecule has 13 heteroatoms. The lowest BCUT2D eigenvalue weighted by Crippen LogP contribution is -2.13. The molecule has 0 saturated heterocycles. The number of nitrogens with zero attached hydrogens (tertiary/aromatic N) is 2. The van der Waals surface area contributed by atoms with Gasteiger partial charge in [-0.2, -0.15) is 13.7 Å². The van der Waals surface area contributed by atoms with E-state index in [0.29, 0.717) is 9.13 Å². The summed E-state index contributed by atoms with van der Waals surface area (Å²) < 4.78 is 36.5. The Morgan fingerprint density at radius 3 is 2.46 bits per heavy atom. The average molecular weight is 654 g/mol. The van der Waals surface area contributed by atoms with E-state index in [4.69, 9.17) is 20.5 Å². The van der Waals surface area contributed by atoms with Gasteiger partial charge in [0.1, 0.15) is 21.6 Å². The van der Waals surface area contributed by atoms with Crippen molar-refractivity contribution in [1.29, 1.82) is 5.26 Å². The number of amides is 1. The summed E-state index contributed by atoms with van der Waals surface area (Å²) in [6.45, 7) is 1.82. The van der Waals surface area contributed by atoms with Crippen molar-refractivity contribution in [2.45, 2.75) is 11.8 Å². The van der Waals surface area contributed by atoms with Crippen LogP contribution in [0.2, 0.25) is 5.02 Å². The van der Waals surface area contributed by atoms with Crippen molar-refractivity contribution in [3.8, 4) is 17.6 Å². The van der Waals surface area contributed by atoms with Gasteiger partial charge in [-0.1, -0.05) is 29.3 Å². The van der Waals surface area contributed by atoms with Crippen molar-refractivity contribution in [3.63, 3.8) is 0 Å². The molecule has 0 radical (unpaired) electrons. The fraction of sp³-hybridized carbons (Fsp3) is 0.0833. The van der Waals surface area contributed by atoms with Gasteiger partial charge in [0.2, 0.25) is 0 Å². The van der Waals surface area contributed by atoms with Crippen molar-refractivity contribution in [2.75, 3.05) is 12.4 Å². The Hall–Kier alpha value is -3.67. The summed E-state index contributed by atoms with van der Waals surface area (Å²) in [7, 11) is -2.85. The number of nitro groups is 1. The first-order chi connectivity index (χ1) is 17.4. The molecular weight excluding hydrogens is 637 g/mol. The van der Waals surface area contributed by atoms with Crippen LogP contribution in [0.5, 0.6) is 11.5 Å². The fourth-order valence-electron chi connectivity index (χ4n) is 3.01. The van der Waals surface area contributed by atoms with Gasteiger partial charge in [-0.3, -0.25) is 14.9 Å². The van der Waals surface area contributed by atoms with Gasteiger partial charge in [0.05, 0.1) is 15.6 Å². The summed E-state index contributed by atoms with van der Waals surface area (Å²) in [5.41, 5.74) is 0.567. The van der Waals surface area contributed by atoms with Gasteiger partial charge in [0.15, 0.2) is 11.5 Å². The van der Waals surface area contributed by atoms with Crippen LogP contribution in [0.1, 0.15) is 11.1 Å². The largest absolute Gasteiger partial charge is 0.493 e. The minimum atomic E-state index is -4.16. The molecule has 10 nitrogen and oxygen atoms in total. The molecule has 190 valence electrons. The maximum absolute atomic E-state index is 12.8. The molecule has 0 unspecified atom stereocenters. The van der Waals surface area contributed by atoms with E-state index in [-0.39, 0.29) is 32.7 Å². The fourth-order valence-corrected chi connectivity index (χ4v) is 5.04. The molecule has 3 rings (SSSR count). The lowest BCUT2D eigenvalue weighted by molar-refractivity contribution is -0.384. The molecule has 0 aliphatic rings. The number of nitrogens with one attached hydrogen (secondary N) is 1. The van der Waals surface area contributed by atoms with E-state index < -0.39 is 26.6 Å². The van der Waals surface area contributed by atoms with Crippen LogP contribution in [0.3, 0.4) is 0 Å². The summed E-state index contributed by atoms with van der Waals surface area (Å²) >= 11 is 7.63. The number of carbonyl (C=O) groups excluding carboxylic acids is 1. The van der Waals surface area contributed by atoms with Crippen LogP contribution in [0.4, 0.5) is 11.4 Å². The second-order valence-electron chi connectivity index (χ2n) is 7.43. The number of benzene rings is 3. The molecule has 1 N–H and O–H groups in total. The minimum Gasteiger partial charge on any atom is -0.493 e. The molecule has 37 heavy (non-hydrogen) atoms. The molecule has 0 aliphatic carbocycles. The summed E-state index contributed by atoms with van der Waals surface area (Å²) in [5, 5.41) is 22.9. The standard InChI is InChI=1S/C24H17ClIN3O7S/c1-14-3-6-18(7-4-14)37(33,34)36-23-20(26)10-15(11-22(23)35-2)9-16(13-27)24(30)28-17-5-8-19(25)21(12-17)29(31)32/h3-12H,1-2H3,(H,28,30)/b16-9+. The Morgan fingerprint density at radius 1 is 1.19 bits per heavy atom. The molecule has 3 aromatic carbocycles. The van der Waals surface area contributed by atoms with E-state index in [2.05, 4.69) is 5.32 Å². The first kappa shape index (κ1) is 27.9. The maximum Gasteiger partial charge on any atom is 0.339 e. The Labute approximate surface area is 230 Å². The maximum atomic E-state index is 12.8. The van der Waals surface area contributed by atoms with Crippen molar-refractivity contribution < 1.29 is 27.1 Å². The molecule has 1 amide bonds. The van der Waals surface area contributed by atoms with Crippen molar-refractivity contribution in [2.24, 2.45) is 0 Å². The number of hydrogen-bond donors (Lipinski definition) is 1. The number of aryl methyl sites for hydroxylation is 1. The van der Waals surface area contributed by atoms with E-state index >= 15 is 0 Å². The molecular formula is C24H17ClIN3O7S. The van der Waals surface area contributed by atoms with Crippen LogP contribution in [0.25, 0.3) is 6.08 Å². The molecule has 0 atom stereocenters. The molecule has 0 saturated carbocycles. The third-order valence-corrected chi connectivity index (χ3v) is 7.19. The number of methoxy groups -OCH3 is 1. The summed E-state index contributed by atoms with van der Waals surface area (Å²) in [6, 6.07) is 14.5. The topological polar surface area (TPSA) is 149 Å². The molecule has 3 aromatic rings. The highest BCUT2D eigenvalue weighted by molar-refractivity contribution is 14.1. The van der Waals surface area contributed by atoms with Crippen molar-refractivity contribution in [3.05, 3.63) is 90.0 Å². The molecule has 0 fully saturated rings. The van der Waals surface area contributed by atoms with Gasteiger partial charge in [-0.15, -0.1) is 0 Å². The van der Waals surface area contributed by atoms with Gasteiger partial charge in [-0.05, 0) is 77.6 Å². The molecule has 0 heterocycles. The molecule has 0 aliphatic heterocycles. The van der Waals surface area contributed by atoms with Gasteiger partial charge in [0, 0.05) is 11.8 Å². The van der Waals surface area contributed by atoms with Crippen LogP contribution in [0, 0.1) is 31.9 Å². The number of halogens is 2. The lowest BCUT2D eigenvalue weighted by atomic mass is 10.1. The smallest absolute Gasteiger partial charge is 0.339 e. The predicted molar refractivity (Wildman–Crippen MR) is 145 cm³/mol. The Bertz CT molecular complexity index is 1570. The second-order valence-corrected chi connectivity index (χ2v) is 10.5. The summed E-state index contributed by atoms with van der Waals surface area (Å²) in [5.74, 6) is -0.826. The first-order valence-corrected chi connectivity index (χ1v) is 13.1. The SMILES string of the molecule is COc1cc(/C=C(\C#N)C(=O)Nc2ccc(Cl)c([N+](=O)[O-])c2)cc(I)c1OS(=O)(=O)c1ccc(C)cc1. The van der Waals surface area contributed by atoms with E-state index in [0.717, 1.165) is 11.6 Å². The van der Waals surface area contributed by atoms with E-state index in [1.165, 1.54) is 49.6 Å². The number of ether oxygens (including phenoxy) is 1.